The lowest BCUT2D eigenvalue weighted by Gasteiger charge is -2.09. The molecule has 0 aliphatic rings. The number of nitrogens with zero attached hydrogens (tertiary/aromatic N) is 1. The first-order valence-corrected chi connectivity index (χ1v) is 8.51. The van der Waals surface area contributed by atoms with Crippen molar-refractivity contribution in [3.05, 3.63) is 60.2 Å². The van der Waals surface area contributed by atoms with Gasteiger partial charge in [0.15, 0.2) is 17.3 Å². The second kappa shape index (κ2) is 8.31. The molecule has 1 aromatic heterocycles. The van der Waals surface area contributed by atoms with Crippen LogP contribution in [-0.2, 0) is 4.79 Å². The van der Waals surface area contributed by atoms with Gasteiger partial charge in [-0.2, -0.15) is 0 Å². The molecular formula is C21H20N2O4. The third-order valence-electron chi connectivity index (χ3n) is 4.15. The number of pyridine rings is 1. The van der Waals surface area contributed by atoms with Gasteiger partial charge in [-0.05, 0) is 36.4 Å². The van der Waals surface area contributed by atoms with E-state index in [-0.39, 0.29) is 24.5 Å². The third kappa shape index (κ3) is 4.41. The van der Waals surface area contributed by atoms with E-state index in [1.165, 1.54) is 14.2 Å². The van der Waals surface area contributed by atoms with Crippen LogP contribution in [0.5, 0.6) is 11.5 Å². The van der Waals surface area contributed by atoms with Crippen molar-refractivity contribution in [2.75, 3.05) is 19.5 Å². The minimum absolute atomic E-state index is 0.0711. The van der Waals surface area contributed by atoms with Crippen molar-refractivity contribution in [3.63, 3.8) is 0 Å². The number of ether oxygens (including phenoxy) is 2. The van der Waals surface area contributed by atoms with Gasteiger partial charge in [-0.25, -0.2) is 4.98 Å². The molecule has 6 heteroatoms. The van der Waals surface area contributed by atoms with Gasteiger partial charge in [-0.3, -0.25) is 9.59 Å². The average Bonchev–Trinajstić information content (AvgIpc) is 2.71. The van der Waals surface area contributed by atoms with Crippen LogP contribution in [0.1, 0.15) is 23.2 Å². The van der Waals surface area contributed by atoms with Crippen molar-refractivity contribution in [3.8, 4) is 11.5 Å². The first-order valence-electron chi connectivity index (χ1n) is 8.51. The van der Waals surface area contributed by atoms with E-state index in [0.29, 0.717) is 22.9 Å². The van der Waals surface area contributed by atoms with Crippen LogP contribution in [0.15, 0.2) is 54.6 Å². The van der Waals surface area contributed by atoms with Gasteiger partial charge in [0.1, 0.15) is 5.82 Å². The lowest BCUT2D eigenvalue weighted by molar-refractivity contribution is -0.116. The molecule has 0 aliphatic carbocycles. The number of Topliss-reactive ketones (excluding diaryl/α,β-unsaturated/α-hetero) is 1. The minimum atomic E-state index is -0.258. The van der Waals surface area contributed by atoms with Crippen LogP contribution in [0, 0.1) is 0 Å². The molecule has 0 saturated carbocycles. The average molecular weight is 364 g/mol. The van der Waals surface area contributed by atoms with Crippen LogP contribution in [-0.4, -0.2) is 30.9 Å². The molecule has 138 valence electrons. The fourth-order valence-corrected chi connectivity index (χ4v) is 2.72. The van der Waals surface area contributed by atoms with Gasteiger partial charge in [0.05, 0.1) is 19.7 Å². The van der Waals surface area contributed by atoms with Crippen LogP contribution in [0.25, 0.3) is 10.9 Å². The SMILES string of the molecule is COc1ccc(C(=O)CCC(=O)Nc2ccc3ccccc3n2)cc1OC. The lowest BCUT2D eigenvalue weighted by atomic mass is 10.1. The van der Waals surface area contributed by atoms with E-state index in [4.69, 9.17) is 9.47 Å². The number of carbonyl (C=O) groups excluding carboxylic acids is 2. The molecule has 3 rings (SSSR count). The van der Waals surface area contributed by atoms with Gasteiger partial charge in [0.2, 0.25) is 5.91 Å². The highest BCUT2D eigenvalue weighted by Gasteiger charge is 2.13. The van der Waals surface area contributed by atoms with E-state index in [9.17, 15) is 9.59 Å². The molecule has 3 aromatic rings. The summed E-state index contributed by atoms with van der Waals surface area (Å²) >= 11 is 0. The summed E-state index contributed by atoms with van der Waals surface area (Å²) in [6.07, 6.45) is 0.163. The summed E-state index contributed by atoms with van der Waals surface area (Å²) in [5.41, 5.74) is 1.28. The van der Waals surface area contributed by atoms with Crippen LogP contribution in [0.4, 0.5) is 5.82 Å². The van der Waals surface area contributed by atoms with Crippen molar-refractivity contribution < 1.29 is 19.1 Å². The van der Waals surface area contributed by atoms with Crippen molar-refractivity contribution in [2.45, 2.75) is 12.8 Å². The smallest absolute Gasteiger partial charge is 0.225 e. The number of rotatable bonds is 7. The normalized spacial score (nSPS) is 10.4. The number of aromatic nitrogens is 1. The van der Waals surface area contributed by atoms with E-state index in [0.717, 1.165) is 10.9 Å². The van der Waals surface area contributed by atoms with E-state index >= 15 is 0 Å². The molecule has 2 aromatic carbocycles. The summed E-state index contributed by atoms with van der Waals surface area (Å²) in [6.45, 7) is 0. The van der Waals surface area contributed by atoms with Crippen molar-refractivity contribution >= 4 is 28.4 Å². The molecule has 0 fully saturated rings. The molecule has 0 unspecified atom stereocenters. The zero-order chi connectivity index (χ0) is 19.2. The van der Waals surface area contributed by atoms with Gasteiger partial charge in [0, 0.05) is 23.8 Å². The second-order valence-corrected chi connectivity index (χ2v) is 5.93. The molecule has 27 heavy (non-hydrogen) atoms. The van der Waals surface area contributed by atoms with Gasteiger partial charge >= 0.3 is 0 Å². The van der Waals surface area contributed by atoms with Gasteiger partial charge in [-0.1, -0.05) is 18.2 Å². The van der Waals surface area contributed by atoms with Crippen LogP contribution in [0.3, 0.4) is 0 Å². The topological polar surface area (TPSA) is 77.5 Å². The van der Waals surface area contributed by atoms with Crippen molar-refractivity contribution in [2.24, 2.45) is 0 Å². The van der Waals surface area contributed by atoms with Gasteiger partial charge < -0.3 is 14.8 Å². The number of anilines is 1. The largest absolute Gasteiger partial charge is 0.493 e. The summed E-state index contributed by atoms with van der Waals surface area (Å²) in [4.78, 5) is 28.9. The number of fused-ring (bicyclic) bond motifs is 1. The molecule has 1 amide bonds. The number of hydrogen-bond acceptors (Lipinski definition) is 5. The third-order valence-corrected chi connectivity index (χ3v) is 4.15. The van der Waals surface area contributed by atoms with Crippen LogP contribution < -0.4 is 14.8 Å². The number of amides is 1. The van der Waals surface area contributed by atoms with Crippen molar-refractivity contribution in [1.29, 1.82) is 0 Å². The van der Waals surface area contributed by atoms with Crippen LogP contribution >= 0.6 is 0 Å². The Hall–Kier alpha value is -3.41. The zero-order valence-corrected chi connectivity index (χ0v) is 15.2. The number of carbonyl (C=O) groups is 2. The van der Waals surface area contributed by atoms with Gasteiger partial charge in [-0.15, -0.1) is 0 Å². The number of para-hydroxylation sites is 1. The van der Waals surface area contributed by atoms with Crippen LogP contribution in [0.2, 0.25) is 0 Å². The Morgan fingerprint density at radius 1 is 0.926 bits per heavy atom. The predicted octanol–water partition coefficient (Wildman–Crippen LogP) is 3.85. The monoisotopic (exact) mass is 364 g/mol. The number of methoxy groups -OCH3 is 2. The van der Waals surface area contributed by atoms with E-state index < -0.39 is 0 Å². The Balaban J connectivity index is 1.60. The van der Waals surface area contributed by atoms with E-state index in [2.05, 4.69) is 10.3 Å². The minimum Gasteiger partial charge on any atom is -0.493 e. The molecule has 0 spiro atoms. The maximum Gasteiger partial charge on any atom is 0.225 e. The Morgan fingerprint density at radius 2 is 1.70 bits per heavy atom. The number of hydrogen-bond donors (Lipinski definition) is 1. The molecule has 0 aliphatic heterocycles. The molecule has 0 saturated heterocycles. The van der Waals surface area contributed by atoms with E-state index in [1.54, 1.807) is 24.3 Å². The molecular weight excluding hydrogens is 344 g/mol. The summed E-state index contributed by atoms with van der Waals surface area (Å²) < 4.78 is 10.4. The fraction of sp³-hybridized carbons (Fsp3) is 0.190. The Kier molecular flexibility index (Phi) is 5.66. The highest BCUT2D eigenvalue weighted by atomic mass is 16.5. The quantitative estimate of drug-likeness (QED) is 0.644. The molecule has 0 radical (unpaired) electrons. The Labute approximate surface area is 157 Å². The second-order valence-electron chi connectivity index (χ2n) is 5.93. The lowest BCUT2D eigenvalue weighted by Crippen LogP contribution is -2.14. The fourth-order valence-electron chi connectivity index (χ4n) is 2.72. The summed E-state index contributed by atoms with van der Waals surface area (Å²) in [7, 11) is 3.04. The van der Waals surface area contributed by atoms with Gasteiger partial charge in [0.25, 0.3) is 0 Å². The summed E-state index contributed by atoms with van der Waals surface area (Å²) in [5.74, 6) is 1.10. The molecule has 1 heterocycles. The number of nitrogens with one attached hydrogen (secondary N) is 1. The predicted molar refractivity (Wildman–Crippen MR) is 103 cm³/mol. The first kappa shape index (κ1) is 18.4. The Bertz CT molecular complexity index is 985. The van der Waals surface area contributed by atoms with Crippen molar-refractivity contribution in [1.82, 2.24) is 4.98 Å². The maximum absolute atomic E-state index is 12.4. The Morgan fingerprint density at radius 3 is 2.48 bits per heavy atom. The number of ketones is 1. The zero-order valence-electron chi connectivity index (χ0n) is 15.2. The maximum atomic E-state index is 12.4. The molecule has 1 N–H and O–H groups in total. The summed E-state index contributed by atoms with van der Waals surface area (Å²) in [5, 5.41) is 3.73. The molecule has 0 bridgehead atoms. The standard InChI is InChI=1S/C21H20N2O4/c1-26-18-10-7-15(13-19(18)27-2)17(24)9-12-21(25)23-20-11-8-14-5-3-4-6-16(14)22-20/h3-8,10-11,13H,9,12H2,1-2H3,(H,22,23,25). The summed E-state index contributed by atoms with van der Waals surface area (Å²) in [6, 6.07) is 16.2. The highest BCUT2D eigenvalue weighted by Crippen LogP contribution is 2.28. The first-order chi connectivity index (χ1) is 13.1. The van der Waals surface area contributed by atoms with E-state index in [1.807, 2.05) is 30.3 Å². The molecule has 6 nitrogen and oxygen atoms in total. The highest BCUT2D eigenvalue weighted by molar-refractivity contribution is 6.00. The molecule has 0 atom stereocenters. The number of benzene rings is 2.